The first-order valence-electron chi connectivity index (χ1n) is 4.92. The minimum Gasteiger partial charge on any atom is -0.338 e. The van der Waals surface area contributed by atoms with Gasteiger partial charge in [-0.05, 0) is 27.7 Å². The van der Waals surface area contributed by atoms with E-state index >= 15 is 0 Å². The van der Waals surface area contributed by atoms with Gasteiger partial charge in [-0.3, -0.25) is 9.89 Å². The normalized spacial score (nSPS) is 10.3. The summed E-state index contributed by atoms with van der Waals surface area (Å²) in [5.41, 5.74) is 2.45. The number of nitrogens with zero attached hydrogens (tertiary/aromatic N) is 2. The fraction of sp³-hybridized carbons (Fsp3) is 0.600. The topological polar surface area (TPSA) is 49.0 Å². The molecule has 0 aliphatic carbocycles. The number of aromatic nitrogens is 2. The number of aromatic amines is 1. The van der Waals surface area contributed by atoms with Crippen molar-refractivity contribution in [1.29, 1.82) is 0 Å². The van der Waals surface area contributed by atoms with Crippen molar-refractivity contribution in [1.82, 2.24) is 15.1 Å². The van der Waals surface area contributed by atoms with E-state index in [0.717, 1.165) is 24.3 Å². The average molecular weight is 195 g/mol. The lowest BCUT2D eigenvalue weighted by Crippen LogP contribution is -2.31. The molecule has 0 fully saturated rings. The van der Waals surface area contributed by atoms with Crippen molar-refractivity contribution in [2.45, 2.75) is 27.7 Å². The lowest BCUT2D eigenvalue weighted by Gasteiger charge is -2.17. The van der Waals surface area contributed by atoms with Crippen molar-refractivity contribution in [2.24, 2.45) is 0 Å². The molecule has 1 N–H and O–H groups in total. The van der Waals surface area contributed by atoms with Gasteiger partial charge in [0.1, 0.15) is 0 Å². The highest BCUT2D eigenvalue weighted by atomic mass is 16.2. The molecule has 0 radical (unpaired) electrons. The predicted octanol–water partition coefficient (Wildman–Crippen LogP) is 1.51. The van der Waals surface area contributed by atoms with Crippen LogP contribution in [0.15, 0.2) is 0 Å². The zero-order chi connectivity index (χ0) is 10.7. The summed E-state index contributed by atoms with van der Waals surface area (Å²) >= 11 is 0. The molecule has 0 spiro atoms. The van der Waals surface area contributed by atoms with E-state index in [9.17, 15) is 4.79 Å². The van der Waals surface area contributed by atoms with Gasteiger partial charge in [0.2, 0.25) is 0 Å². The monoisotopic (exact) mass is 195 g/mol. The van der Waals surface area contributed by atoms with E-state index in [0.29, 0.717) is 5.69 Å². The molecule has 78 valence electrons. The summed E-state index contributed by atoms with van der Waals surface area (Å²) < 4.78 is 0. The maximum absolute atomic E-state index is 11.9. The Morgan fingerprint density at radius 3 is 2.29 bits per heavy atom. The van der Waals surface area contributed by atoms with E-state index in [2.05, 4.69) is 10.2 Å². The highest BCUT2D eigenvalue weighted by Gasteiger charge is 2.18. The Labute approximate surface area is 84.3 Å². The molecule has 0 saturated carbocycles. The molecular formula is C10H17N3O. The van der Waals surface area contributed by atoms with Crippen LogP contribution in [0.1, 0.15) is 35.6 Å². The Bertz CT molecular complexity index is 326. The number of H-pyrrole nitrogens is 1. The van der Waals surface area contributed by atoms with Crippen LogP contribution in [0, 0.1) is 13.8 Å². The quantitative estimate of drug-likeness (QED) is 0.794. The summed E-state index contributed by atoms with van der Waals surface area (Å²) in [6, 6.07) is 0. The van der Waals surface area contributed by atoms with Gasteiger partial charge in [-0.2, -0.15) is 5.10 Å². The van der Waals surface area contributed by atoms with E-state index in [1.54, 1.807) is 4.90 Å². The number of hydrogen-bond donors (Lipinski definition) is 1. The molecule has 1 aromatic rings. The van der Waals surface area contributed by atoms with Crippen LogP contribution in [0.4, 0.5) is 0 Å². The molecule has 4 nitrogen and oxygen atoms in total. The largest absolute Gasteiger partial charge is 0.338 e. The van der Waals surface area contributed by atoms with Gasteiger partial charge in [0.15, 0.2) is 5.69 Å². The van der Waals surface area contributed by atoms with E-state index in [1.165, 1.54) is 0 Å². The number of carbonyl (C=O) groups excluding carboxylic acids is 1. The lowest BCUT2D eigenvalue weighted by atomic mass is 10.2. The fourth-order valence-corrected chi connectivity index (χ4v) is 1.35. The minimum atomic E-state index is 0.0110. The standard InChI is InChI=1S/C10H17N3O/c1-5-13(6-2)10(14)9-7(3)8(4)11-12-9/h5-6H2,1-4H3,(H,11,12). The molecule has 1 amide bonds. The zero-order valence-electron chi connectivity index (χ0n) is 9.22. The van der Waals surface area contributed by atoms with E-state index < -0.39 is 0 Å². The van der Waals surface area contributed by atoms with Crippen LogP contribution in [0.5, 0.6) is 0 Å². The number of amides is 1. The third-order valence-electron chi connectivity index (χ3n) is 2.51. The van der Waals surface area contributed by atoms with Crippen LogP contribution in [0.2, 0.25) is 0 Å². The summed E-state index contributed by atoms with van der Waals surface area (Å²) in [6.07, 6.45) is 0. The molecule has 0 atom stereocenters. The Kier molecular flexibility index (Phi) is 3.28. The Morgan fingerprint density at radius 2 is 1.93 bits per heavy atom. The second kappa shape index (κ2) is 4.26. The fourth-order valence-electron chi connectivity index (χ4n) is 1.35. The van der Waals surface area contributed by atoms with E-state index in [1.807, 2.05) is 27.7 Å². The second-order valence-electron chi connectivity index (χ2n) is 3.30. The van der Waals surface area contributed by atoms with Crippen molar-refractivity contribution < 1.29 is 4.79 Å². The van der Waals surface area contributed by atoms with Crippen molar-refractivity contribution >= 4 is 5.91 Å². The van der Waals surface area contributed by atoms with Gasteiger partial charge >= 0.3 is 0 Å². The van der Waals surface area contributed by atoms with Crippen molar-refractivity contribution in [3.8, 4) is 0 Å². The zero-order valence-corrected chi connectivity index (χ0v) is 9.22. The maximum atomic E-state index is 11.9. The maximum Gasteiger partial charge on any atom is 0.274 e. The van der Waals surface area contributed by atoms with Crippen LogP contribution >= 0.6 is 0 Å². The van der Waals surface area contributed by atoms with Gasteiger partial charge in [-0.15, -0.1) is 0 Å². The molecule has 0 aliphatic heterocycles. The van der Waals surface area contributed by atoms with Crippen LogP contribution in [0.3, 0.4) is 0 Å². The van der Waals surface area contributed by atoms with Crippen LogP contribution < -0.4 is 0 Å². The SMILES string of the molecule is CCN(CC)C(=O)c1n[nH]c(C)c1C. The van der Waals surface area contributed by atoms with Gasteiger partial charge in [0.05, 0.1) is 0 Å². The summed E-state index contributed by atoms with van der Waals surface area (Å²) in [6.45, 7) is 9.21. The summed E-state index contributed by atoms with van der Waals surface area (Å²) in [4.78, 5) is 13.7. The minimum absolute atomic E-state index is 0.0110. The second-order valence-corrected chi connectivity index (χ2v) is 3.30. The van der Waals surface area contributed by atoms with Gasteiger partial charge in [0.25, 0.3) is 5.91 Å². The number of nitrogens with one attached hydrogen (secondary N) is 1. The highest BCUT2D eigenvalue weighted by Crippen LogP contribution is 2.10. The van der Waals surface area contributed by atoms with E-state index in [4.69, 9.17) is 0 Å². The molecule has 0 bridgehead atoms. The molecule has 4 heteroatoms. The Balaban J connectivity index is 2.94. The molecule has 1 aromatic heterocycles. The molecular weight excluding hydrogens is 178 g/mol. The van der Waals surface area contributed by atoms with E-state index in [-0.39, 0.29) is 5.91 Å². The number of rotatable bonds is 3. The molecule has 0 saturated heterocycles. The predicted molar refractivity (Wildman–Crippen MR) is 55.3 cm³/mol. The van der Waals surface area contributed by atoms with Gasteiger partial charge in [-0.1, -0.05) is 0 Å². The third-order valence-corrected chi connectivity index (χ3v) is 2.51. The molecule has 0 aromatic carbocycles. The average Bonchev–Trinajstić information content (AvgIpc) is 2.49. The summed E-state index contributed by atoms with van der Waals surface area (Å²) in [5, 5.41) is 6.84. The third kappa shape index (κ3) is 1.78. The number of aryl methyl sites for hydroxylation is 1. The van der Waals surface area contributed by atoms with Crippen molar-refractivity contribution in [3.05, 3.63) is 17.0 Å². The Hall–Kier alpha value is -1.32. The number of carbonyl (C=O) groups is 1. The molecule has 0 aliphatic rings. The van der Waals surface area contributed by atoms with Crippen LogP contribution in [0.25, 0.3) is 0 Å². The van der Waals surface area contributed by atoms with Crippen LogP contribution in [-0.2, 0) is 0 Å². The molecule has 1 heterocycles. The van der Waals surface area contributed by atoms with Crippen LogP contribution in [-0.4, -0.2) is 34.1 Å². The highest BCUT2D eigenvalue weighted by molar-refractivity contribution is 5.93. The summed E-state index contributed by atoms with van der Waals surface area (Å²) in [7, 11) is 0. The van der Waals surface area contributed by atoms with Gasteiger partial charge in [0, 0.05) is 24.3 Å². The summed E-state index contributed by atoms with van der Waals surface area (Å²) in [5.74, 6) is 0.0110. The molecule has 14 heavy (non-hydrogen) atoms. The molecule has 0 unspecified atom stereocenters. The first-order valence-corrected chi connectivity index (χ1v) is 4.92. The lowest BCUT2D eigenvalue weighted by molar-refractivity contribution is 0.0766. The van der Waals surface area contributed by atoms with Gasteiger partial charge in [-0.25, -0.2) is 0 Å². The van der Waals surface area contributed by atoms with Gasteiger partial charge < -0.3 is 4.90 Å². The van der Waals surface area contributed by atoms with Crippen molar-refractivity contribution in [2.75, 3.05) is 13.1 Å². The Morgan fingerprint density at radius 1 is 1.36 bits per heavy atom. The number of hydrogen-bond acceptors (Lipinski definition) is 2. The first kappa shape index (κ1) is 10.8. The molecule has 1 rings (SSSR count). The smallest absolute Gasteiger partial charge is 0.274 e. The first-order chi connectivity index (χ1) is 6.61. The van der Waals surface area contributed by atoms with Crippen molar-refractivity contribution in [3.63, 3.8) is 0 Å².